The van der Waals surface area contributed by atoms with Gasteiger partial charge < -0.3 is 9.47 Å². The molecule has 134 valence electrons. The summed E-state index contributed by atoms with van der Waals surface area (Å²) < 4.78 is 10.5. The highest BCUT2D eigenvalue weighted by Gasteiger charge is 2.00. The summed E-state index contributed by atoms with van der Waals surface area (Å²) in [7, 11) is 0. The molecular formula is C20H30O4. The number of unbranched alkanes of at least 4 members (excludes halogenated alkanes) is 7. The van der Waals surface area contributed by atoms with Gasteiger partial charge in [-0.2, -0.15) is 0 Å². The fourth-order valence-electron chi connectivity index (χ4n) is 2.50. The lowest BCUT2D eigenvalue weighted by Crippen LogP contribution is -2.03. The van der Waals surface area contributed by atoms with Crippen molar-refractivity contribution in [3.63, 3.8) is 0 Å². The van der Waals surface area contributed by atoms with Gasteiger partial charge in [-0.3, -0.25) is 9.59 Å². The zero-order valence-corrected chi connectivity index (χ0v) is 14.8. The maximum atomic E-state index is 11.2. The lowest BCUT2D eigenvalue weighted by molar-refractivity contribution is -0.143. The lowest BCUT2D eigenvalue weighted by atomic mass is 10.1. The van der Waals surface area contributed by atoms with Crippen LogP contribution in [0.15, 0.2) is 24.3 Å². The quantitative estimate of drug-likeness (QED) is 0.274. The van der Waals surface area contributed by atoms with E-state index in [1.807, 2.05) is 19.1 Å². The molecule has 0 saturated heterocycles. The van der Waals surface area contributed by atoms with Crippen molar-refractivity contribution in [2.45, 2.75) is 64.7 Å². The molecule has 0 radical (unpaired) electrons. The zero-order valence-electron chi connectivity index (χ0n) is 14.8. The van der Waals surface area contributed by atoms with Gasteiger partial charge in [-0.05, 0) is 44.0 Å². The SMILES string of the molecule is CCOC(=O)CCCCCCCCCCOc1ccc(C=O)cc1. The van der Waals surface area contributed by atoms with Crippen LogP contribution < -0.4 is 4.74 Å². The molecule has 4 nitrogen and oxygen atoms in total. The first kappa shape index (κ1) is 20.2. The van der Waals surface area contributed by atoms with E-state index < -0.39 is 0 Å². The van der Waals surface area contributed by atoms with E-state index in [0.717, 1.165) is 37.9 Å². The Balaban J connectivity index is 1.86. The minimum absolute atomic E-state index is 0.0710. The summed E-state index contributed by atoms with van der Waals surface area (Å²) in [6, 6.07) is 7.20. The van der Waals surface area contributed by atoms with Crippen molar-refractivity contribution < 1.29 is 19.1 Å². The Bertz CT molecular complexity index is 453. The van der Waals surface area contributed by atoms with E-state index in [9.17, 15) is 9.59 Å². The Morgan fingerprint density at radius 3 is 2.08 bits per heavy atom. The van der Waals surface area contributed by atoms with Gasteiger partial charge in [0.2, 0.25) is 0 Å². The van der Waals surface area contributed by atoms with Crippen LogP contribution in [0.5, 0.6) is 5.75 Å². The van der Waals surface area contributed by atoms with Crippen LogP contribution in [0.25, 0.3) is 0 Å². The van der Waals surface area contributed by atoms with Gasteiger partial charge in [0, 0.05) is 12.0 Å². The van der Waals surface area contributed by atoms with Crippen LogP contribution in [0, 0.1) is 0 Å². The van der Waals surface area contributed by atoms with E-state index in [2.05, 4.69) is 0 Å². The predicted octanol–water partition coefficient (Wildman–Crippen LogP) is 4.95. The fraction of sp³-hybridized carbons (Fsp3) is 0.600. The molecule has 0 amide bonds. The molecule has 24 heavy (non-hydrogen) atoms. The standard InChI is InChI=1S/C20H30O4/c1-2-23-20(22)11-9-7-5-3-4-6-8-10-16-24-19-14-12-18(17-21)13-15-19/h12-15,17H,2-11,16H2,1H3. The van der Waals surface area contributed by atoms with Crippen molar-refractivity contribution in [2.75, 3.05) is 13.2 Å². The number of rotatable bonds is 14. The molecule has 1 rings (SSSR count). The molecule has 0 heterocycles. The average Bonchev–Trinajstić information content (AvgIpc) is 2.60. The van der Waals surface area contributed by atoms with Crippen LogP contribution in [0.1, 0.15) is 75.1 Å². The average molecular weight is 334 g/mol. The van der Waals surface area contributed by atoms with Gasteiger partial charge in [0.05, 0.1) is 13.2 Å². The third kappa shape index (κ3) is 10.0. The first-order chi connectivity index (χ1) is 11.8. The van der Waals surface area contributed by atoms with Crippen LogP contribution in [-0.2, 0) is 9.53 Å². The highest BCUT2D eigenvalue weighted by atomic mass is 16.5. The first-order valence-corrected chi connectivity index (χ1v) is 9.10. The van der Waals surface area contributed by atoms with Gasteiger partial charge in [0.1, 0.15) is 12.0 Å². The third-order valence-electron chi connectivity index (χ3n) is 3.87. The number of carbonyl (C=O) groups is 2. The maximum Gasteiger partial charge on any atom is 0.305 e. The minimum Gasteiger partial charge on any atom is -0.494 e. The van der Waals surface area contributed by atoms with E-state index in [0.29, 0.717) is 18.6 Å². The van der Waals surface area contributed by atoms with Crippen molar-refractivity contribution in [1.82, 2.24) is 0 Å². The molecular weight excluding hydrogens is 304 g/mol. The summed E-state index contributed by atoms with van der Waals surface area (Å²) in [5, 5.41) is 0. The zero-order chi connectivity index (χ0) is 17.5. The van der Waals surface area contributed by atoms with Gasteiger partial charge >= 0.3 is 5.97 Å². The van der Waals surface area contributed by atoms with Gasteiger partial charge in [0.25, 0.3) is 0 Å². The number of esters is 1. The summed E-state index contributed by atoms with van der Waals surface area (Å²) in [5.74, 6) is 0.750. The van der Waals surface area contributed by atoms with Crippen LogP contribution in [0.4, 0.5) is 0 Å². The van der Waals surface area contributed by atoms with Gasteiger partial charge in [-0.15, -0.1) is 0 Å². The molecule has 4 heteroatoms. The minimum atomic E-state index is -0.0710. The molecule has 0 aromatic heterocycles. The maximum absolute atomic E-state index is 11.2. The Labute approximate surface area is 145 Å². The second-order valence-electron chi connectivity index (χ2n) is 5.92. The second-order valence-corrected chi connectivity index (χ2v) is 5.92. The fourth-order valence-corrected chi connectivity index (χ4v) is 2.50. The molecule has 0 aliphatic rings. The number of aldehydes is 1. The molecule has 0 saturated carbocycles. The normalized spacial score (nSPS) is 10.4. The number of benzene rings is 1. The molecule has 1 aromatic rings. The first-order valence-electron chi connectivity index (χ1n) is 9.10. The Kier molecular flexibility index (Phi) is 11.4. The Hall–Kier alpha value is -1.84. The van der Waals surface area contributed by atoms with Gasteiger partial charge in [-0.25, -0.2) is 0 Å². The van der Waals surface area contributed by atoms with E-state index in [1.165, 1.54) is 32.1 Å². The number of hydrogen-bond acceptors (Lipinski definition) is 4. The molecule has 0 N–H and O–H groups in total. The highest BCUT2D eigenvalue weighted by Crippen LogP contribution is 2.13. The summed E-state index contributed by atoms with van der Waals surface area (Å²) in [6.45, 7) is 3.04. The van der Waals surface area contributed by atoms with Gasteiger partial charge in [0.15, 0.2) is 0 Å². The summed E-state index contributed by atoms with van der Waals surface area (Å²) in [5.41, 5.74) is 0.671. The van der Waals surface area contributed by atoms with Crippen molar-refractivity contribution >= 4 is 12.3 Å². The van der Waals surface area contributed by atoms with Crippen LogP contribution in [0.2, 0.25) is 0 Å². The van der Waals surface area contributed by atoms with Crippen molar-refractivity contribution in [2.24, 2.45) is 0 Å². The van der Waals surface area contributed by atoms with Gasteiger partial charge in [-0.1, -0.05) is 38.5 Å². The van der Waals surface area contributed by atoms with Crippen LogP contribution in [0.3, 0.4) is 0 Å². The summed E-state index contributed by atoms with van der Waals surface area (Å²) >= 11 is 0. The van der Waals surface area contributed by atoms with Crippen LogP contribution in [-0.4, -0.2) is 25.5 Å². The van der Waals surface area contributed by atoms with E-state index in [4.69, 9.17) is 9.47 Å². The second kappa shape index (κ2) is 13.6. The molecule has 0 bridgehead atoms. The highest BCUT2D eigenvalue weighted by molar-refractivity contribution is 5.74. The van der Waals surface area contributed by atoms with Crippen molar-refractivity contribution in [3.8, 4) is 5.75 Å². The summed E-state index contributed by atoms with van der Waals surface area (Å²) in [6.07, 6.45) is 10.6. The van der Waals surface area contributed by atoms with E-state index in [-0.39, 0.29) is 5.97 Å². The lowest BCUT2D eigenvalue weighted by Gasteiger charge is -2.06. The van der Waals surface area contributed by atoms with E-state index in [1.54, 1.807) is 12.1 Å². The predicted molar refractivity (Wildman–Crippen MR) is 95.5 cm³/mol. The molecule has 0 unspecified atom stereocenters. The van der Waals surface area contributed by atoms with Crippen LogP contribution >= 0.6 is 0 Å². The topological polar surface area (TPSA) is 52.6 Å². The Morgan fingerprint density at radius 2 is 1.50 bits per heavy atom. The largest absolute Gasteiger partial charge is 0.494 e. The molecule has 0 fully saturated rings. The van der Waals surface area contributed by atoms with Crippen molar-refractivity contribution in [1.29, 1.82) is 0 Å². The molecule has 0 atom stereocenters. The summed E-state index contributed by atoms with van der Waals surface area (Å²) in [4.78, 5) is 21.7. The molecule has 0 spiro atoms. The monoisotopic (exact) mass is 334 g/mol. The third-order valence-corrected chi connectivity index (χ3v) is 3.87. The Morgan fingerprint density at radius 1 is 0.917 bits per heavy atom. The number of ether oxygens (including phenoxy) is 2. The van der Waals surface area contributed by atoms with E-state index >= 15 is 0 Å². The number of hydrogen-bond donors (Lipinski definition) is 0. The molecule has 0 aliphatic carbocycles. The van der Waals surface area contributed by atoms with Crippen molar-refractivity contribution in [3.05, 3.63) is 29.8 Å². The molecule has 1 aromatic carbocycles. The molecule has 0 aliphatic heterocycles. The smallest absolute Gasteiger partial charge is 0.305 e. The number of carbonyl (C=O) groups excluding carboxylic acids is 2.